The van der Waals surface area contributed by atoms with Crippen LogP contribution in [0.15, 0.2) is 0 Å². The maximum Gasteiger partial charge on any atom is 0.317 e. The van der Waals surface area contributed by atoms with Gasteiger partial charge in [0.2, 0.25) is 0 Å². The number of aliphatic hydroxyl groups is 1. The Hall–Kier alpha value is -0.770. The van der Waals surface area contributed by atoms with E-state index in [0.717, 1.165) is 19.5 Å². The molecule has 0 unspecified atom stereocenters. The number of hydrogen-bond donors (Lipinski definition) is 2. The van der Waals surface area contributed by atoms with Crippen LogP contribution in [0.1, 0.15) is 51.9 Å². The SMILES string of the molecule is CC1(CNC(=O)N2CC[C@H](CO)C2)CCCCCC1. The number of carbonyl (C=O) groups excluding carboxylic acids is 1. The molecule has 1 aliphatic carbocycles. The van der Waals surface area contributed by atoms with E-state index in [1.54, 1.807) is 0 Å². The Balaban J connectivity index is 1.76. The van der Waals surface area contributed by atoms with E-state index < -0.39 is 0 Å². The fourth-order valence-electron chi connectivity index (χ4n) is 3.33. The van der Waals surface area contributed by atoms with E-state index in [4.69, 9.17) is 5.11 Å². The predicted octanol–water partition coefficient (Wildman–Crippen LogP) is 2.37. The average molecular weight is 268 g/mol. The van der Waals surface area contributed by atoms with Crippen molar-refractivity contribution in [2.24, 2.45) is 11.3 Å². The monoisotopic (exact) mass is 268 g/mol. The van der Waals surface area contributed by atoms with Crippen LogP contribution in [0.25, 0.3) is 0 Å². The third-order valence-corrected chi connectivity index (χ3v) is 4.81. The number of nitrogens with zero attached hydrogens (tertiary/aromatic N) is 1. The molecular formula is C15H28N2O2. The highest BCUT2D eigenvalue weighted by molar-refractivity contribution is 5.74. The Labute approximate surface area is 116 Å². The van der Waals surface area contributed by atoms with E-state index in [9.17, 15) is 4.79 Å². The second kappa shape index (κ2) is 6.60. The first-order chi connectivity index (χ1) is 9.13. The zero-order valence-corrected chi connectivity index (χ0v) is 12.2. The fourth-order valence-corrected chi connectivity index (χ4v) is 3.33. The summed E-state index contributed by atoms with van der Waals surface area (Å²) in [5, 5.41) is 12.2. The van der Waals surface area contributed by atoms with Crippen molar-refractivity contribution in [1.29, 1.82) is 0 Å². The van der Waals surface area contributed by atoms with Gasteiger partial charge in [0.1, 0.15) is 0 Å². The molecule has 0 aromatic heterocycles. The van der Waals surface area contributed by atoms with Crippen molar-refractivity contribution in [2.45, 2.75) is 51.9 Å². The molecule has 2 amide bonds. The van der Waals surface area contributed by atoms with Crippen LogP contribution in [0.5, 0.6) is 0 Å². The lowest BCUT2D eigenvalue weighted by Crippen LogP contribution is -2.43. The smallest absolute Gasteiger partial charge is 0.317 e. The number of rotatable bonds is 3. The van der Waals surface area contributed by atoms with Crippen LogP contribution < -0.4 is 5.32 Å². The summed E-state index contributed by atoms with van der Waals surface area (Å²) >= 11 is 0. The van der Waals surface area contributed by atoms with Crippen LogP contribution in [0.2, 0.25) is 0 Å². The minimum atomic E-state index is 0.0569. The van der Waals surface area contributed by atoms with Gasteiger partial charge in [-0.05, 0) is 24.7 Å². The molecule has 0 aromatic rings. The molecule has 0 aromatic carbocycles. The zero-order valence-electron chi connectivity index (χ0n) is 12.2. The predicted molar refractivity (Wildman–Crippen MR) is 76.0 cm³/mol. The molecule has 2 aliphatic rings. The summed E-state index contributed by atoms with van der Waals surface area (Å²) in [7, 11) is 0. The lowest BCUT2D eigenvalue weighted by atomic mass is 9.82. The molecule has 1 heterocycles. The number of likely N-dealkylation sites (tertiary alicyclic amines) is 1. The molecule has 4 nitrogen and oxygen atoms in total. The quantitative estimate of drug-likeness (QED) is 0.772. The summed E-state index contributed by atoms with van der Waals surface area (Å²) in [5.74, 6) is 0.277. The van der Waals surface area contributed by atoms with Gasteiger partial charge < -0.3 is 15.3 Å². The Bertz CT molecular complexity index is 299. The average Bonchev–Trinajstić information content (AvgIpc) is 2.79. The highest BCUT2D eigenvalue weighted by atomic mass is 16.3. The molecule has 1 aliphatic heterocycles. The van der Waals surface area contributed by atoms with Crippen LogP contribution in [0.4, 0.5) is 4.79 Å². The molecule has 0 bridgehead atoms. The van der Waals surface area contributed by atoms with Gasteiger partial charge in [0.15, 0.2) is 0 Å². The fraction of sp³-hybridized carbons (Fsp3) is 0.933. The summed E-state index contributed by atoms with van der Waals surface area (Å²) in [6.07, 6.45) is 8.66. The second-order valence-electron chi connectivity index (χ2n) is 6.67. The van der Waals surface area contributed by atoms with Gasteiger partial charge in [-0.3, -0.25) is 0 Å². The van der Waals surface area contributed by atoms with Crippen LogP contribution in [-0.2, 0) is 0 Å². The lowest BCUT2D eigenvalue weighted by Gasteiger charge is -2.29. The number of nitrogens with one attached hydrogen (secondary N) is 1. The molecule has 1 atom stereocenters. The first kappa shape index (κ1) is 14.6. The molecule has 19 heavy (non-hydrogen) atoms. The van der Waals surface area contributed by atoms with Gasteiger partial charge in [-0.1, -0.05) is 32.6 Å². The molecule has 1 saturated heterocycles. The topological polar surface area (TPSA) is 52.6 Å². The van der Waals surface area contributed by atoms with E-state index >= 15 is 0 Å². The van der Waals surface area contributed by atoms with Crippen LogP contribution in [0, 0.1) is 11.3 Å². The number of carbonyl (C=O) groups is 1. The number of urea groups is 1. The van der Waals surface area contributed by atoms with Crippen LogP contribution >= 0.6 is 0 Å². The summed E-state index contributed by atoms with van der Waals surface area (Å²) in [6, 6.07) is 0.0569. The highest BCUT2D eigenvalue weighted by Crippen LogP contribution is 2.33. The number of aliphatic hydroxyl groups excluding tert-OH is 1. The van der Waals surface area contributed by atoms with Crippen molar-refractivity contribution in [3.63, 3.8) is 0 Å². The van der Waals surface area contributed by atoms with Crippen molar-refractivity contribution < 1.29 is 9.90 Å². The molecule has 2 rings (SSSR count). The van der Waals surface area contributed by atoms with Crippen molar-refractivity contribution >= 4 is 6.03 Å². The van der Waals surface area contributed by atoms with Crippen molar-refractivity contribution in [3.8, 4) is 0 Å². The molecule has 0 spiro atoms. The van der Waals surface area contributed by atoms with Gasteiger partial charge in [0.25, 0.3) is 0 Å². The summed E-state index contributed by atoms with van der Waals surface area (Å²) in [6.45, 7) is 4.79. The maximum absolute atomic E-state index is 12.1. The molecule has 110 valence electrons. The standard InChI is InChI=1S/C15H28N2O2/c1-15(7-4-2-3-5-8-15)12-16-14(19)17-9-6-13(10-17)11-18/h13,18H,2-12H2,1H3,(H,16,19)/t13-/m0/s1. The second-order valence-corrected chi connectivity index (χ2v) is 6.67. The van der Waals surface area contributed by atoms with Gasteiger partial charge in [-0.2, -0.15) is 0 Å². The third-order valence-electron chi connectivity index (χ3n) is 4.81. The largest absolute Gasteiger partial charge is 0.396 e. The van der Waals surface area contributed by atoms with Crippen LogP contribution in [-0.4, -0.2) is 42.3 Å². The summed E-state index contributed by atoms with van der Waals surface area (Å²) < 4.78 is 0. The first-order valence-corrected chi connectivity index (χ1v) is 7.77. The Kier molecular flexibility index (Phi) is 5.08. The normalized spacial score (nSPS) is 27.1. The van der Waals surface area contributed by atoms with Gasteiger partial charge in [0.05, 0.1) is 0 Å². The van der Waals surface area contributed by atoms with E-state index in [1.165, 1.54) is 38.5 Å². The van der Waals surface area contributed by atoms with Gasteiger partial charge in [-0.15, -0.1) is 0 Å². The Morgan fingerprint density at radius 3 is 2.58 bits per heavy atom. The van der Waals surface area contributed by atoms with E-state index in [1.807, 2.05) is 4.90 Å². The Morgan fingerprint density at radius 2 is 2.00 bits per heavy atom. The molecule has 2 fully saturated rings. The minimum Gasteiger partial charge on any atom is -0.396 e. The number of amides is 2. The van der Waals surface area contributed by atoms with E-state index in [2.05, 4.69) is 12.2 Å². The summed E-state index contributed by atoms with van der Waals surface area (Å²) in [4.78, 5) is 14.0. The highest BCUT2D eigenvalue weighted by Gasteiger charge is 2.29. The Morgan fingerprint density at radius 1 is 1.32 bits per heavy atom. The van der Waals surface area contributed by atoms with Crippen molar-refractivity contribution in [3.05, 3.63) is 0 Å². The van der Waals surface area contributed by atoms with Gasteiger partial charge >= 0.3 is 6.03 Å². The van der Waals surface area contributed by atoms with E-state index in [-0.39, 0.29) is 24.0 Å². The number of hydrogen-bond acceptors (Lipinski definition) is 2. The molecule has 0 radical (unpaired) electrons. The van der Waals surface area contributed by atoms with E-state index in [0.29, 0.717) is 6.54 Å². The lowest BCUT2D eigenvalue weighted by molar-refractivity contribution is 0.188. The molecular weight excluding hydrogens is 240 g/mol. The maximum atomic E-state index is 12.1. The first-order valence-electron chi connectivity index (χ1n) is 7.77. The third kappa shape index (κ3) is 4.10. The molecule has 4 heteroatoms. The van der Waals surface area contributed by atoms with Gasteiger partial charge in [-0.25, -0.2) is 4.79 Å². The molecule has 2 N–H and O–H groups in total. The molecule has 1 saturated carbocycles. The van der Waals surface area contributed by atoms with Crippen LogP contribution in [0.3, 0.4) is 0 Å². The van der Waals surface area contributed by atoms with Gasteiger partial charge in [0, 0.05) is 32.2 Å². The zero-order chi connectivity index (χ0) is 13.7. The summed E-state index contributed by atoms with van der Waals surface area (Å²) in [5.41, 5.74) is 0.280. The van der Waals surface area contributed by atoms with Crippen molar-refractivity contribution in [2.75, 3.05) is 26.2 Å². The minimum absolute atomic E-state index is 0.0569. The van der Waals surface area contributed by atoms with Crippen molar-refractivity contribution in [1.82, 2.24) is 10.2 Å².